The highest BCUT2D eigenvalue weighted by atomic mass is 32.1. The molecule has 1 aliphatic rings. The summed E-state index contributed by atoms with van der Waals surface area (Å²) in [5.74, 6) is -0.253. The number of Topliss-reactive ketones (excluding diaryl/α,β-unsaturated/α-hetero) is 1. The highest BCUT2D eigenvalue weighted by Gasteiger charge is 2.29. The maximum absolute atomic E-state index is 12.0. The third-order valence-corrected chi connectivity index (χ3v) is 3.49. The first-order valence-electron chi connectivity index (χ1n) is 5.10. The molecule has 1 amide bonds. The molecule has 2 heterocycles. The Labute approximate surface area is 96.7 Å². The average molecular weight is 240 g/mol. The lowest BCUT2D eigenvalue weighted by atomic mass is 9.94. The normalized spacial score (nSPS) is 20.8. The Morgan fingerprint density at radius 2 is 2.38 bits per heavy atom. The highest BCUT2D eigenvalue weighted by molar-refractivity contribution is 7.11. The van der Waals surface area contributed by atoms with Crippen LogP contribution in [0.1, 0.15) is 22.6 Å². The molecular formula is C10H12N2O3S. The summed E-state index contributed by atoms with van der Waals surface area (Å²) in [6.07, 6.45) is 2.14. The number of carbonyl (C=O) groups excluding carboxylic acids is 1. The van der Waals surface area contributed by atoms with E-state index >= 15 is 0 Å². The van der Waals surface area contributed by atoms with Crippen LogP contribution in [0.4, 0.5) is 4.79 Å². The molecule has 1 saturated heterocycles. The van der Waals surface area contributed by atoms with Crippen molar-refractivity contribution in [3.05, 3.63) is 16.6 Å². The van der Waals surface area contributed by atoms with Gasteiger partial charge in [0.05, 0.1) is 0 Å². The Morgan fingerprint density at radius 3 is 3.00 bits per heavy atom. The van der Waals surface area contributed by atoms with Gasteiger partial charge in [0.25, 0.3) is 0 Å². The summed E-state index contributed by atoms with van der Waals surface area (Å²) in [6.45, 7) is 0.824. The monoisotopic (exact) mass is 240 g/mol. The number of rotatable bonds is 2. The summed E-state index contributed by atoms with van der Waals surface area (Å²) < 4.78 is 0. The van der Waals surface area contributed by atoms with Gasteiger partial charge in [-0.3, -0.25) is 4.79 Å². The number of carbonyl (C=O) groups is 2. The fourth-order valence-electron chi connectivity index (χ4n) is 1.88. The van der Waals surface area contributed by atoms with Gasteiger partial charge in [-0.1, -0.05) is 0 Å². The molecule has 1 atom stereocenters. The molecule has 2 rings (SSSR count). The lowest BCUT2D eigenvalue weighted by Crippen LogP contribution is -2.41. The van der Waals surface area contributed by atoms with E-state index in [1.807, 2.05) is 0 Å². The van der Waals surface area contributed by atoms with Gasteiger partial charge in [0.15, 0.2) is 10.8 Å². The smallest absolute Gasteiger partial charge is 0.407 e. The summed E-state index contributed by atoms with van der Waals surface area (Å²) in [7, 11) is 0. The molecule has 0 saturated carbocycles. The molecule has 0 aliphatic carbocycles. The number of nitrogens with zero attached hydrogens (tertiary/aromatic N) is 2. The SMILES string of the molecule is O=C(c1nccs1)[C@H]1CCCN(C(=O)O)C1. The summed E-state index contributed by atoms with van der Waals surface area (Å²) >= 11 is 1.31. The van der Waals surface area contributed by atoms with Gasteiger partial charge in [0.2, 0.25) is 0 Å². The van der Waals surface area contributed by atoms with Gasteiger partial charge >= 0.3 is 6.09 Å². The van der Waals surface area contributed by atoms with Gasteiger partial charge in [-0.15, -0.1) is 11.3 Å². The van der Waals surface area contributed by atoms with Crippen LogP contribution in [-0.4, -0.2) is 40.0 Å². The van der Waals surface area contributed by atoms with Crippen LogP contribution >= 0.6 is 11.3 Å². The van der Waals surface area contributed by atoms with Gasteiger partial charge in [0.1, 0.15) is 0 Å². The zero-order valence-electron chi connectivity index (χ0n) is 8.63. The molecule has 86 valence electrons. The number of hydrogen-bond donors (Lipinski definition) is 1. The quantitative estimate of drug-likeness (QED) is 0.799. The van der Waals surface area contributed by atoms with Crippen molar-refractivity contribution < 1.29 is 14.7 Å². The molecule has 0 unspecified atom stereocenters. The number of thiazole rings is 1. The van der Waals surface area contributed by atoms with Gasteiger partial charge in [-0.25, -0.2) is 9.78 Å². The second kappa shape index (κ2) is 4.61. The van der Waals surface area contributed by atoms with Crippen molar-refractivity contribution in [2.75, 3.05) is 13.1 Å². The van der Waals surface area contributed by atoms with Gasteiger partial charge in [-0.05, 0) is 12.8 Å². The predicted molar refractivity (Wildman–Crippen MR) is 58.8 cm³/mol. The van der Waals surface area contributed by atoms with E-state index in [0.717, 1.165) is 12.8 Å². The van der Waals surface area contributed by atoms with E-state index < -0.39 is 6.09 Å². The summed E-state index contributed by atoms with van der Waals surface area (Å²) in [6, 6.07) is 0. The van der Waals surface area contributed by atoms with Crippen LogP contribution in [-0.2, 0) is 0 Å². The number of aromatic nitrogens is 1. The molecule has 0 bridgehead atoms. The number of likely N-dealkylation sites (tertiary alicyclic amines) is 1. The topological polar surface area (TPSA) is 70.5 Å². The third-order valence-electron chi connectivity index (χ3n) is 2.71. The summed E-state index contributed by atoms with van der Waals surface area (Å²) in [5, 5.41) is 11.1. The fraction of sp³-hybridized carbons (Fsp3) is 0.500. The lowest BCUT2D eigenvalue weighted by molar-refractivity contribution is 0.0806. The van der Waals surface area contributed by atoms with Gasteiger partial charge in [0, 0.05) is 30.6 Å². The van der Waals surface area contributed by atoms with Crippen molar-refractivity contribution in [3.63, 3.8) is 0 Å². The van der Waals surface area contributed by atoms with E-state index in [1.54, 1.807) is 11.6 Å². The van der Waals surface area contributed by atoms with E-state index in [2.05, 4.69) is 4.98 Å². The average Bonchev–Trinajstić information content (AvgIpc) is 2.81. The minimum atomic E-state index is -0.948. The zero-order chi connectivity index (χ0) is 11.5. The van der Waals surface area contributed by atoms with Crippen LogP contribution in [0.15, 0.2) is 11.6 Å². The third kappa shape index (κ3) is 2.21. The number of ketones is 1. The summed E-state index contributed by atoms with van der Waals surface area (Å²) in [4.78, 5) is 28.0. The van der Waals surface area contributed by atoms with Crippen molar-refractivity contribution in [1.82, 2.24) is 9.88 Å². The first kappa shape index (κ1) is 11.1. The van der Waals surface area contributed by atoms with Crippen LogP contribution in [0.25, 0.3) is 0 Å². The molecule has 16 heavy (non-hydrogen) atoms. The number of piperidine rings is 1. The van der Waals surface area contributed by atoms with E-state index in [9.17, 15) is 9.59 Å². The Morgan fingerprint density at radius 1 is 1.56 bits per heavy atom. The molecule has 0 aromatic carbocycles. The number of amides is 1. The minimum absolute atomic E-state index is 0.0269. The fourth-order valence-corrected chi connectivity index (χ4v) is 2.54. The molecule has 1 fully saturated rings. The van der Waals surface area contributed by atoms with Gasteiger partial charge in [-0.2, -0.15) is 0 Å². The van der Waals surface area contributed by atoms with Crippen molar-refractivity contribution in [3.8, 4) is 0 Å². The van der Waals surface area contributed by atoms with E-state index in [-0.39, 0.29) is 11.7 Å². The minimum Gasteiger partial charge on any atom is -0.465 e. The van der Waals surface area contributed by atoms with Crippen molar-refractivity contribution in [2.24, 2.45) is 5.92 Å². The molecule has 1 aromatic rings. The molecule has 0 radical (unpaired) electrons. The molecular weight excluding hydrogens is 228 g/mol. The standard InChI is InChI=1S/C10H12N2O3S/c13-8(9-11-3-5-16-9)7-2-1-4-12(6-7)10(14)15/h3,5,7H,1-2,4,6H2,(H,14,15)/t7-/m0/s1. The maximum atomic E-state index is 12.0. The Bertz CT molecular complexity index is 391. The molecule has 5 nitrogen and oxygen atoms in total. The number of carboxylic acid groups (broad SMARTS) is 1. The first-order valence-corrected chi connectivity index (χ1v) is 5.98. The van der Waals surface area contributed by atoms with Crippen molar-refractivity contribution in [2.45, 2.75) is 12.8 Å². The van der Waals surface area contributed by atoms with Crippen LogP contribution in [0.5, 0.6) is 0 Å². The van der Waals surface area contributed by atoms with Crippen LogP contribution in [0.3, 0.4) is 0 Å². The maximum Gasteiger partial charge on any atom is 0.407 e. The largest absolute Gasteiger partial charge is 0.465 e. The van der Waals surface area contributed by atoms with Crippen LogP contribution < -0.4 is 0 Å². The first-order chi connectivity index (χ1) is 7.68. The Hall–Kier alpha value is -1.43. The van der Waals surface area contributed by atoms with Crippen molar-refractivity contribution in [1.29, 1.82) is 0 Å². The Kier molecular flexibility index (Phi) is 3.19. The second-order valence-corrected chi connectivity index (χ2v) is 4.66. The Balaban J connectivity index is 2.05. The van der Waals surface area contributed by atoms with Crippen molar-refractivity contribution >= 4 is 23.2 Å². The van der Waals surface area contributed by atoms with Crippen LogP contribution in [0, 0.1) is 5.92 Å². The van der Waals surface area contributed by atoms with Gasteiger partial charge < -0.3 is 10.0 Å². The lowest BCUT2D eigenvalue weighted by Gasteiger charge is -2.29. The van der Waals surface area contributed by atoms with E-state index in [1.165, 1.54) is 16.2 Å². The van der Waals surface area contributed by atoms with Crippen LogP contribution in [0.2, 0.25) is 0 Å². The molecule has 0 spiro atoms. The molecule has 1 aromatic heterocycles. The summed E-state index contributed by atoms with van der Waals surface area (Å²) in [5.41, 5.74) is 0. The highest BCUT2D eigenvalue weighted by Crippen LogP contribution is 2.21. The molecule has 1 N–H and O–H groups in total. The molecule has 1 aliphatic heterocycles. The zero-order valence-corrected chi connectivity index (χ0v) is 9.44. The predicted octanol–water partition coefficient (Wildman–Crippen LogP) is 1.72. The number of hydrogen-bond acceptors (Lipinski definition) is 4. The molecule has 6 heteroatoms. The van der Waals surface area contributed by atoms with E-state index in [0.29, 0.717) is 18.1 Å². The second-order valence-electron chi connectivity index (χ2n) is 3.77. The van der Waals surface area contributed by atoms with E-state index in [4.69, 9.17) is 5.11 Å².